The molecule has 0 aliphatic carbocycles. The predicted octanol–water partition coefficient (Wildman–Crippen LogP) is 4.21. The Morgan fingerprint density at radius 1 is 1.00 bits per heavy atom. The molecule has 0 spiro atoms. The maximum atomic E-state index is 13.2. The lowest BCUT2D eigenvalue weighted by Gasteiger charge is -2.09. The predicted molar refractivity (Wildman–Crippen MR) is 119 cm³/mol. The van der Waals surface area contributed by atoms with Crippen molar-refractivity contribution in [3.63, 3.8) is 0 Å². The molecule has 1 amide bonds. The van der Waals surface area contributed by atoms with Crippen LogP contribution in [0.2, 0.25) is 0 Å². The fourth-order valence-electron chi connectivity index (χ4n) is 3.56. The lowest BCUT2D eigenvalue weighted by atomic mass is 10.1. The third kappa shape index (κ3) is 3.88. The molecule has 0 atom stereocenters. The van der Waals surface area contributed by atoms with Gasteiger partial charge in [-0.1, -0.05) is 36.4 Å². The van der Waals surface area contributed by atoms with Gasteiger partial charge in [-0.2, -0.15) is 5.10 Å². The Bertz CT molecular complexity index is 1270. The molecule has 0 fully saturated rings. The van der Waals surface area contributed by atoms with E-state index in [9.17, 15) is 4.79 Å². The third-order valence-corrected chi connectivity index (χ3v) is 5.20. The van der Waals surface area contributed by atoms with Crippen LogP contribution in [0.15, 0.2) is 78.9 Å². The van der Waals surface area contributed by atoms with E-state index in [2.05, 4.69) is 5.32 Å². The molecule has 2 heterocycles. The number of hydrogen-bond acceptors (Lipinski definition) is 5. The van der Waals surface area contributed by atoms with Crippen LogP contribution in [0.25, 0.3) is 16.9 Å². The van der Waals surface area contributed by atoms with Gasteiger partial charge in [0.05, 0.1) is 18.5 Å². The summed E-state index contributed by atoms with van der Waals surface area (Å²) in [6, 6.07) is 24.6. The van der Waals surface area contributed by atoms with Crippen LogP contribution in [-0.4, -0.2) is 29.6 Å². The highest BCUT2D eigenvalue weighted by Crippen LogP contribution is 2.32. The molecule has 1 aliphatic heterocycles. The second-order valence-electron chi connectivity index (χ2n) is 7.26. The van der Waals surface area contributed by atoms with Crippen LogP contribution in [0.5, 0.6) is 17.2 Å². The number of nitrogens with zero attached hydrogens (tertiary/aromatic N) is 2. The number of amides is 1. The van der Waals surface area contributed by atoms with Crippen LogP contribution >= 0.6 is 0 Å². The summed E-state index contributed by atoms with van der Waals surface area (Å²) in [6.07, 6.45) is 0. The highest BCUT2D eigenvalue weighted by Gasteiger charge is 2.19. The van der Waals surface area contributed by atoms with Gasteiger partial charge in [0.15, 0.2) is 11.5 Å². The van der Waals surface area contributed by atoms with Crippen molar-refractivity contribution in [2.45, 2.75) is 6.54 Å². The highest BCUT2D eigenvalue weighted by molar-refractivity contribution is 5.94. The number of carbonyl (C=O) groups is 1. The van der Waals surface area contributed by atoms with Crippen LogP contribution in [0.4, 0.5) is 0 Å². The van der Waals surface area contributed by atoms with E-state index in [1.54, 1.807) is 17.9 Å². The largest absolute Gasteiger partial charge is 0.497 e. The van der Waals surface area contributed by atoms with Gasteiger partial charge in [0.25, 0.3) is 5.91 Å². The summed E-state index contributed by atoms with van der Waals surface area (Å²) in [7, 11) is 1.62. The van der Waals surface area contributed by atoms with Crippen molar-refractivity contribution >= 4 is 5.91 Å². The number of benzene rings is 3. The molecule has 0 radical (unpaired) electrons. The summed E-state index contributed by atoms with van der Waals surface area (Å²) in [4.78, 5) is 13.2. The summed E-state index contributed by atoms with van der Waals surface area (Å²) in [5.74, 6) is 1.90. The Morgan fingerprint density at radius 3 is 2.69 bits per heavy atom. The average Bonchev–Trinajstić information content (AvgIpc) is 3.50. The monoisotopic (exact) mass is 427 g/mol. The second-order valence-corrected chi connectivity index (χ2v) is 7.26. The molecule has 4 aromatic rings. The fourth-order valence-corrected chi connectivity index (χ4v) is 3.56. The summed E-state index contributed by atoms with van der Waals surface area (Å²) < 4.78 is 17.8. The molecule has 7 nitrogen and oxygen atoms in total. The van der Waals surface area contributed by atoms with Crippen LogP contribution in [-0.2, 0) is 6.54 Å². The quantitative estimate of drug-likeness (QED) is 0.499. The SMILES string of the molecule is COc1cccc(-c2cc(C(=O)NCc3ccc4c(c3)OCO4)n(-c3ccccc3)n2)c1. The van der Waals surface area contributed by atoms with Crippen LogP contribution in [0.3, 0.4) is 0 Å². The molecule has 5 rings (SSSR count). The Hall–Kier alpha value is -4.26. The molecular weight excluding hydrogens is 406 g/mol. The zero-order chi connectivity index (χ0) is 21.9. The number of rotatable bonds is 6. The standard InChI is InChI=1S/C25H21N3O4/c1-30-20-9-5-6-18(13-20)21-14-22(28(27-21)19-7-3-2-4-8-19)25(29)26-15-17-10-11-23-24(12-17)32-16-31-23/h2-14H,15-16H2,1H3,(H,26,29). The van der Waals surface area contributed by atoms with E-state index in [0.717, 1.165) is 22.6 Å². The number of carbonyl (C=O) groups excluding carboxylic acids is 1. The van der Waals surface area contributed by atoms with Crippen molar-refractivity contribution in [1.29, 1.82) is 0 Å². The first-order valence-electron chi connectivity index (χ1n) is 10.2. The van der Waals surface area contributed by atoms with E-state index < -0.39 is 0 Å². The molecule has 0 saturated heterocycles. The topological polar surface area (TPSA) is 74.6 Å². The van der Waals surface area contributed by atoms with Gasteiger partial charge in [-0.05, 0) is 48.0 Å². The molecule has 1 N–H and O–H groups in total. The Morgan fingerprint density at radius 2 is 1.84 bits per heavy atom. The van der Waals surface area contributed by atoms with Crippen LogP contribution in [0, 0.1) is 0 Å². The number of ether oxygens (including phenoxy) is 3. The van der Waals surface area contributed by atoms with E-state index in [4.69, 9.17) is 19.3 Å². The van der Waals surface area contributed by atoms with Crippen molar-refractivity contribution in [1.82, 2.24) is 15.1 Å². The molecule has 7 heteroatoms. The first kappa shape index (κ1) is 19.7. The molecule has 0 bridgehead atoms. The molecule has 3 aromatic carbocycles. The van der Waals surface area contributed by atoms with E-state index in [1.807, 2.05) is 72.8 Å². The number of hydrogen-bond donors (Lipinski definition) is 1. The zero-order valence-corrected chi connectivity index (χ0v) is 17.4. The van der Waals surface area contributed by atoms with Gasteiger partial charge in [0.1, 0.15) is 11.4 Å². The van der Waals surface area contributed by atoms with Crippen molar-refractivity contribution in [2.75, 3.05) is 13.9 Å². The number of aromatic nitrogens is 2. The first-order valence-corrected chi connectivity index (χ1v) is 10.2. The van der Waals surface area contributed by atoms with E-state index in [0.29, 0.717) is 29.4 Å². The van der Waals surface area contributed by atoms with Crippen LogP contribution < -0.4 is 19.5 Å². The average molecular weight is 427 g/mol. The smallest absolute Gasteiger partial charge is 0.270 e. The Balaban J connectivity index is 1.44. The number of methoxy groups -OCH3 is 1. The minimum absolute atomic E-state index is 0.217. The van der Waals surface area contributed by atoms with Gasteiger partial charge in [0.2, 0.25) is 6.79 Å². The maximum absolute atomic E-state index is 13.2. The van der Waals surface area contributed by atoms with Gasteiger partial charge in [-0.25, -0.2) is 4.68 Å². The van der Waals surface area contributed by atoms with Crippen LogP contribution in [0.1, 0.15) is 16.1 Å². The molecule has 1 aliphatic rings. The van der Waals surface area contributed by atoms with Gasteiger partial charge < -0.3 is 19.5 Å². The molecule has 0 unspecified atom stereocenters. The molecular formula is C25H21N3O4. The first-order chi connectivity index (χ1) is 15.7. The minimum atomic E-state index is -0.229. The normalized spacial score (nSPS) is 11.9. The molecule has 160 valence electrons. The third-order valence-electron chi connectivity index (χ3n) is 5.20. The van der Waals surface area contributed by atoms with Crippen molar-refractivity contribution < 1.29 is 19.0 Å². The maximum Gasteiger partial charge on any atom is 0.270 e. The van der Waals surface area contributed by atoms with Crippen molar-refractivity contribution in [3.05, 3.63) is 90.1 Å². The number of nitrogens with one attached hydrogen (secondary N) is 1. The van der Waals surface area contributed by atoms with Gasteiger partial charge in [-0.3, -0.25) is 4.79 Å². The number of para-hydroxylation sites is 1. The molecule has 1 aromatic heterocycles. The fraction of sp³-hybridized carbons (Fsp3) is 0.120. The summed E-state index contributed by atoms with van der Waals surface area (Å²) in [6.45, 7) is 0.568. The van der Waals surface area contributed by atoms with E-state index in [-0.39, 0.29) is 12.7 Å². The van der Waals surface area contributed by atoms with Crippen molar-refractivity contribution in [2.24, 2.45) is 0 Å². The molecule has 32 heavy (non-hydrogen) atoms. The van der Waals surface area contributed by atoms with E-state index in [1.165, 1.54) is 0 Å². The molecule has 0 saturated carbocycles. The second kappa shape index (κ2) is 8.47. The number of fused-ring (bicyclic) bond motifs is 1. The lowest BCUT2D eigenvalue weighted by molar-refractivity contribution is 0.0943. The zero-order valence-electron chi connectivity index (χ0n) is 17.4. The Labute approximate surface area is 185 Å². The van der Waals surface area contributed by atoms with Gasteiger partial charge in [0, 0.05) is 12.1 Å². The van der Waals surface area contributed by atoms with Gasteiger partial charge in [-0.15, -0.1) is 0 Å². The van der Waals surface area contributed by atoms with E-state index >= 15 is 0 Å². The Kier molecular flexibility index (Phi) is 5.21. The summed E-state index contributed by atoms with van der Waals surface area (Å²) >= 11 is 0. The minimum Gasteiger partial charge on any atom is -0.497 e. The lowest BCUT2D eigenvalue weighted by Crippen LogP contribution is -2.25. The van der Waals surface area contributed by atoms with Crippen molar-refractivity contribution in [3.8, 4) is 34.2 Å². The van der Waals surface area contributed by atoms with Gasteiger partial charge >= 0.3 is 0 Å². The highest BCUT2D eigenvalue weighted by atomic mass is 16.7. The summed E-state index contributed by atoms with van der Waals surface area (Å²) in [5.41, 5.74) is 3.70. The summed E-state index contributed by atoms with van der Waals surface area (Å²) in [5, 5.41) is 7.70.